The number of unbranched alkanes of at least 4 members (excludes halogenated alkanes) is 1. The van der Waals surface area contributed by atoms with Crippen molar-refractivity contribution in [1.29, 1.82) is 0 Å². The molecule has 0 aliphatic carbocycles. The van der Waals surface area contributed by atoms with Crippen molar-refractivity contribution in [2.75, 3.05) is 19.7 Å². The van der Waals surface area contributed by atoms with Crippen LogP contribution in [0.2, 0.25) is 0 Å². The summed E-state index contributed by atoms with van der Waals surface area (Å²) in [6, 6.07) is 3.21. The number of hydrogen-bond donors (Lipinski definition) is 1. The molecule has 1 rings (SSSR count). The third-order valence-corrected chi connectivity index (χ3v) is 2.10. The molecule has 0 spiro atoms. The van der Waals surface area contributed by atoms with Crippen LogP contribution >= 0.6 is 0 Å². The van der Waals surface area contributed by atoms with Gasteiger partial charge in [-0.25, -0.2) is 8.78 Å². The zero-order chi connectivity index (χ0) is 11.8. The molecule has 16 heavy (non-hydrogen) atoms. The quantitative estimate of drug-likeness (QED) is 0.726. The van der Waals surface area contributed by atoms with E-state index in [-0.39, 0.29) is 5.75 Å². The van der Waals surface area contributed by atoms with E-state index in [0.29, 0.717) is 6.61 Å². The van der Waals surface area contributed by atoms with E-state index in [4.69, 9.17) is 4.74 Å². The summed E-state index contributed by atoms with van der Waals surface area (Å²) in [5.74, 6) is -0.966. The first-order valence-electron chi connectivity index (χ1n) is 5.52. The summed E-state index contributed by atoms with van der Waals surface area (Å²) in [6.45, 7) is 4.42. The Labute approximate surface area is 94.6 Å². The van der Waals surface area contributed by atoms with E-state index < -0.39 is 11.6 Å². The lowest BCUT2D eigenvalue weighted by Crippen LogP contribution is -2.14. The molecule has 4 heteroatoms. The molecule has 2 nitrogen and oxygen atoms in total. The highest BCUT2D eigenvalue weighted by Crippen LogP contribution is 2.15. The fourth-order valence-corrected chi connectivity index (χ4v) is 1.33. The molecule has 0 saturated heterocycles. The van der Waals surface area contributed by atoms with Crippen LogP contribution in [0.4, 0.5) is 8.78 Å². The summed E-state index contributed by atoms with van der Waals surface area (Å²) in [5, 5.41) is 3.19. The Kier molecular flexibility index (Phi) is 5.78. The standard InChI is InChI=1S/C12H17F2NO/c1-2-15-5-3-4-6-16-12-8-10(13)7-11(14)9-12/h7-9,15H,2-6H2,1H3. The molecule has 0 heterocycles. The van der Waals surface area contributed by atoms with E-state index in [1.54, 1.807) is 0 Å². The molecule has 0 bridgehead atoms. The predicted octanol–water partition coefficient (Wildman–Crippen LogP) is 2.73. The highest BCUT2D eigenvalue weighted by Gasteiger charge is 2.00. The number of halogens is 2. The van der Waals surface area contributed by atoms with Crippen LogP contribution in [0, 0.1) is 11.6 Å². The average Bonchev–Trinajstić information content (AvgIpc) is 2.22. The molecule has 0 radical (unpaired) electrons. The van der Waals surface area contributed by atoms with Crippen LogP contribution in [0.1, 0.15) is 19.8 Å². The van der Waals surface area contributed by atoms with Gasteiger partial charge in [0, 0.05) is 18.2 Å². The summed E-state index contributed by atoms with van der Waals surface area (Å²) in [7, 11) is 0. The Morgan fingerprint density at radius 3 is 2.44 bits per heavy atom. The van der Waals surface area contributed by atoms with Crippen molar-refractivity contribution in [3.8, 4) is 5.75 Å². The van der Waals surface area contributed by atoms with Gasteiger partial charge >= 0.3 is 0 Å². The summed E-state index contributed by atoms with van der Waals surface area (Å²) in [6.07, 6.45) is 1.86. The average molecular weight is 229 g/mol. The number of rotatable bonds is 7. The lowest BCUT2D eigenvalue weighted by molar-refractivity contribution is 0.303. The van der Waals surface area contributed by atoms with Crippen molar-refractivity contribution >= 4 is 0 Å². The van der Waals surface area contributed by atoms with Gasteiger partial charge in [0.1, 0.15) is 17.4 Å². The fourth-order valence-electron chi connectivity index (χ4n) is 1.33. The first kappa shape index (κ1) is 12.9. The van der Waals surface area contributed by atoms with Gasteiger partial charge in [-0.2, -0.15) is 0 Å². The molecular weight excluding hydrogens is 212 g/mol. The van der Waals surface area contributed by atoms with E-state index in [0.717, 1.165) is 32.0 Å². The van der Waals surface area contributed by atoms with Crippen LogP contribution in [0.15, 0.2) is 18.2 Å². The van der Waals surface area contributed by atoms with E-state index in [1.165, 1.54) is 12.1 Å². The van der Waals surface area contributed by atoms with Crippen LogP contribution in [0.5, 0.6) is 5.75 Å². The first-order chi connectivity index (χ1) is 7.72. The third kappa shape index (κ3) is 5.07. The van der Waals surface area contributed by atoms with Crippen LogP contribution in [-0.4, -0.2) is 19.7 Å². The van der Waals surface area contributed by atoms with Crippen molar-refractivity contribution < 1.29 is 13.5 Å². The molecule has 1 aromatic carbocycles. The molecule has 0 aromatic heterocycles. The molecule has 0 atom stereocenters. The van der Waals surface area contributed by atoms with Gasteiger partial charge in [-0.1, -0.05) is 6.92 Å². The highest BCUT2D eigenvalue weighted by molar-refractivity contribution is 5.23. The van der Waals surface area contributed by atoms with Crippen molar-refractivity contribution in [2.45, 2.75) is 19.8 Å². The monoisotopic (exact) mass is 229 g/mol. The maximum absolute atomic E-state index is 12.8. The van der Waals surface area contributed by atoms with Gasteiger partial charge in [0.25, 0.3) is 0 Å². The van der Waals surface area contributed by atoms with E-state index in [9.17, 15) is 8.78 Å². The molecule has 0 amide bonds. The van der Waals surface area contributed by atoms with E-state index >= 15 is 0 Å². The van der Waals surface area contributed by atoms with Gasteiger partial charge in [0.15, 0.2) is 0 Å². The normalized spacial score (nSPS) is 10.4. The van der Waals surface area contributed by atoms with Crippen molar-refractivity contribution in [3.05, 3.63) is 29.8 Å². The SMILES string of the molecule is CCNCCCCOc1cc(F)cc(F)c1. The van der Waals surface area contributed by atoms with Crippen LogP contribution in [0.25, 0.3) is 0 Å². The van der Waals surface area contributed by atoms with Crippen LogP contribution in [0.3, 0.4) is 0 Å². The van der Waals surface area contributed by atoms with Crippen molar-refractivity contribution in [3.63, 3.8) is 0 Å². The number of ether oxygens (including phenoxy) is 1. The summed E-state index contributed by atoms with van der Waals surface area (Å²) < 4.78 is 30.8. The summed E-state index contributed by atoms with van der Waals surface area (Å²) >= 11 is 0. The van der Waals surface area contributed by atoms with E-state index in [2.05, 4.69) is 5.32 Å². The second-order valence-electron chi connectivity index (χ2n) is 3.51. The topological polar surface area (TPSA) is 21.3 Å². The Morgan fingerprint density at radius 1 is 1.12 bits per heavy atom. The number of benzene rings is 1. The lowest BCUT2D eigenvalue weighted by Gasteiger charge is -2.06. The molecular formula is C12H17F2NO. The molecule has 0 unspecified atom stereocenters. The predicted molar refractivity (Wildman–Crippen MR) is 59.6 cm³/mol. The van der Waals surface area contributed by atoms with Gasteiger partial charge in [-0.15, -0.1) is 0 Å². The summed E-state index contributed by atoms with van der Waals surface area (Å²) in [5.41, 5.74) is 0. The Morgan fingerprint density at radius 2 is 1.81 bits per heavy atom. The minimum atomic E-state index is -0.609. The van der Waals surface area contributed by atoms with Gasteiger partial charge < -0.3 is 10.1 Å². The van der Waals surface area contributed by atoms with Crippen LogP contribution in [-0.2, 0) is 0 Å². The minimum Gasteiger partial charge on any atom is -0.493 e. The smallest absolute Gasteiger partial charge is 0.129 e. The lowest BCUT2D eigenvalue weighted by atomic mass is 10.3. The third-order valence-electron chi connectivity index (χ3n) is 2.10. The maximum atomic E-state index is 12.8. The fraction of sp³-hybridized carbons (Fsp3) is 0.500. The Bertz CT molecular complexity index is 298. The Hall–Kier alpha value is -1.16. The second kappa shape index (κ2) is 7.17. The van der Waals surface area contributed by atoms with Gasteiger partial charge in [-0.3, -0.25) is 0 Å². The Balaban J connectivity index is 2.21. The zero-order valence-electron chi connectivity index (χ0n) is 9.43. The molecule has 0 aliphatic rings. The first-order valence-corrected chi connectivity index (χ1v) is 5.52. The summed E-state index contributed by atoms with van der Waals surface area (Å²) in [4.78, 5) is 0. The molecule has 90 valence electrons. The largest absolute Gasteiger partial charge is 0.493 e. The van der Waals surface area contributed by atoms with Crippen molar-refractivity contribution in [1.82, 2.24) is 5.32 Å². The van der Waals surface area contributed by atoms with Crippen molar-refractivity contribution in [2.24, 2.45) is 0 Å². The van der Waals surface area contributed by atoms with Gasteiger partial charge in [-0.05, 0) is 25.9 Å². The zero-order valence-corrected chi connectivity index (χ0v) is 9.43. The molecule has 0 aliphatic heterocycles. The highest BCUT2D eigenvalue weighted by atomic mass is 19.1. The minimum absolute atomic E-state index is 0.251. The number of nitrogens with one attached hydrogen (secondary N) is 1. The van der Waals surface area contributed by atoms with Gasteiger partial charge in [0.2, 0.25) is 0 Å². The van der Waals surface area contributed by atoms with Crippen LogP contribution < -0.4 is 10.1 Å². The molecule has 0 saturated carbocycles. The number of hydrogen-bond acceptors (Lipinski definition) is 2. The second-order valence-corrected chi connectivity index (χ2v) is 3.51. The van der Waals surface area contributed by atoms with E-state index in [1.807, 2.05) is 6.92 Å². The molecule has 1 aromatic rings. The van der Waals surface area contributed by atoms with Gasteiger partial charge in [0.05, 0.1) is 6.61 Å². The maximum Gasteiger partial charge on any atom is 0.129 e. The molecule has 0 fully saturated rings. The molecule has 1 N–H and O–H groups in total.